The highest BCUT2D eigenvalue weighted by atomic mass is 32.1. The Bertz CT molecular complexity index is 316. The number of piperidine rings is 1. The molecule has 0 unspecified atom stereocenters. The van der Waals surface area contributed by atoms with Gasteiger partial charge in [0.25, 0.3) is 0 Å². The predicted octanol–water partition coefficient (Wildman–Crippen LogP) is 2.55. The largest absolute Gasteiger partial charge is 0.411 e. The molecule has 1 saturated heterocycles. The summed E-state index contributed by atoms with van der Waals surface area (Å²) in [6, 6.07) is 4.10. The van der Waals surface area contributed by atoms with Crippen molar-refractivity contribution in [2.75, 3.05) is 18.0 Å². The van der Waals surface area contributed by atoms with Gasteiger partial charge in [0.05, 0.1) is 16.1 Å². The summed E-state index contributed by atoms with van der Waals surface area (Å²) in [5, 5.41) is 12.7. The molecule has 0 aromatic carbocycles. The first-order valence-corrected chi connectivity index (χ1v) is 5.74. The summed E-state index contributed by atoms with van der Waals surface area (Å²) < 4.78 is 0. The maximum Gasteiger partial charge on any atom is 0.0915 e. The van der Waals surface area contributed by atoms with E-state index in [0.717, 1.165) is 18.0 Å². The lowest BCUT2D eigenvalue weighted by Gasteiger charge is -2.26. The summed E-state index contributed by atoms with van der Waals surface area (Å²) in [5.74, 6) is 0. The lowest BCUT2D eigenvalue weighted by atomic mass is 10.1. The molecule has 1 N–H and O–H groups in total. The lowest BCUT2D eigenvalue weighted by Crippen LogP contribution is -2.28. The molecular weight excluding hydrogens is 196 g/mol. The van der Waals surface area contributed by atoms with E-state index in [4.69, 9.17) is 5.21 Å². The van der Waals surface area contributed by atoms with Crippen LogP contribution >= 0.6 is 11.3 Å². The lowest BCUT2D eigenvalue weighted by molar-refractivity contribution is 0.322. The van der Waals surface area contributed by atoms with Gasteiger partial charge in [-0.15, -0.1) is 11.3 Å². The van der Waals surface area contributed by atoms with Crippen LogP contribution in [0.2, 0.25) is 0 Å². The molecule has 76 valence electrons. The molecule has 1 aliphatic heterocycles. The number of thiophene rings is 1. The molecule has 1 fully saturated rings. The van der Waals surface area contributed by atoms with Gasteiger partial charge < -0.3 is 10.1 Å². The van der Waals surface area contributed by atoms with Gasteiger partial charge in [-0.3, -0.25) is 0 Å². The fourth-order valence-electron chi connectivity index (χ4n) is 1.75. The summed E-state index contributed by atoms with van der Waals surface area (Å²) in [4.78, 5) is 3.41. The van der Waals surface area contributed by atoms with E-state index < -0.39 is 0 Å². The van der Waals surface area contributed by atoms with Gasteiger partial charge in [0, 0.05) is 13.1 Å². The standard InChI is InChI=1S/C10H14N2OS/c13-11-8-9-4-5-10(14-9)12-6-2-1-3-7-12/h4-5,8,13H,1-3,6-7H2/b11-8+. The van der Waals surface area contributed by atoms with Crippen LogP contribution < -0.4 is 4.90 Å². The minimum absolute atomic E-state index is 1.01. The molecule has 0 aliphatic carbocycles. The average Bonchev–Trinajstić information content (AvgIpc) is 2.68. The Labute approximate surface area is 87.7 Å². The summed E-state index contributed by atoms with van der Waals surface area (Å²) in [6.45, 7) is 2.33. The van der Waals surface area contributed by atoms with Crippen molar-refractivity contribution in [2.24, 2.45) is 5.16 Å². The van der Waals surface area contributed by atoms with E-state index in [1.54, 1.807) is 11.3 Å². The minimum atomic E-state index is 1.01. The van der Waals surface area contributed by atoms with Crippen molar-refractivity contribution < 1.29 is 5.21 Å². The molecule has 0 spiro atoms. The fourth-order valence-corrected chi connectivity index (χ4v) is 2.68. The maximum absolute atomic E-state index is 8.40. The summed E-state index contributed by atoms with van der Waals surface area (Å²) in [5.41, 5.74) is 0. The van der Waals surface area contributed by atoms with E-state index in [-0.39, 0.29) is 0 Å². The SMILES string of the molecule is O/N=C/c1ccc(N2CCCCC2)s1. The van der Waals surface area contributed by atoms with Crippen molar-refractivity contribution in [3.8, 4) is 0 Å². The first-order chi connectivity index (χ1) is 6.90. The number of hydrogen-bond acceptors (Lipinski definition) is 4. The maximum atomic E-state index is 8.40. The third-order valence-electron chi connectivity index (χ3n) is 2.47. The molecule has 0 atom stereocenters. The molecule has 3 nitrogen and oxygen atoms in total. The van der Waals surface area contributed by atoms with Crippen molar-refractivity contribution in [3.05, 3.63) is 17.0 Å². The van der Waals surface area contributed by atoms with E-state index >= 15 is 0 Å². The van der Waals surface area contributed by atoms with Gasteiger partial charge in [0.2, 0.25) is 0 Å². The van der Waals surface area contributed by atoms with Gasteiger partial charge >= 0.3 is 0 Å². The van der Waals surface area contributed by atoms with Gasteiger partial charge in [-0.25, -0.2) is 0 Å². The molecule has 0 saturated carbocycles. The topological polar surface area (TPSA) is 35.8 Å². The van der Waals surface area contributed by atoms with Crippen LogP contribution in [0.25, 0.3) is 0 Å². The van der Waals surface area contributed by atoms with Crippen molar-refractivity contribution in [2.45, 2.75) is 19.3 Å². The van der Waals surface area contributed by atoms with Crippen molar-refractivity contribution in [1.82, 2.24) is 0 Å². The van der Waals surface area contributed by atoms with Crippen molar-refractivity contribution in [1.29, 1.82) is 0 Å². The second kappa shape index (κ2) is 4.46. The summed E-state index contributed by atoms with van der Waals surface area (Å²) >= 11 is 1.68. The van der Waals surface area contributed by atoms with E-state index in [1.165, 1.54) is 30.5 Å². The van der Waals surface area contributed by atoms with Gasteiger partial charge in [0.15, 0.2) is 0 Å². The zero-order valence-corrected chi connectivity index (χ0v) is 8.83. The summed E-state index contributed by atoms with van der Waals surface area (Å²) in [6.07, 6.45) is 5.42. The number of hydrogen-bond donors (Lipinski definition) is 1. The molecule has 0 bridgehead atoms. The number of rotatable bonds is 2. The van der Waals surface area contributed by atoms with Crippen LogP contribution in [0.1, 0.15) is 24.1 Å². The Kier molecular flexibility index (Phi) is 3.03. The molecule has 0 radical (unpaired) electrons. The van der Waals surface area contributed by atoms with Crippen molar-refractivity contribution >= 4 is 22.6 Å². The number of nitrogens with zero attached hydrogens (tertiary/aromatic N) is 2. The van der Waals surface area contributed by atoms with Crippen molar-refractivity contribution in [3.63, 3.8) is 0 Å². The molecule has 1 aromatic heterocycles. The zero-order chi connectivity index (χ0) is 9.80. The smallest absolute Gasteiger partial charge is 0.0915 e. The second-order valence-electron chi connectivity index (χ2n) is 3.47. The molecule has 4 heteroatoms. The molecule has 14 heavy (non-hydrogen) atoms. The van der Waals surface area contributed by atoms with Crippen LogP contribution in [0.4, 0.5) is 5.00 Å². The highest BCUT2D eigenvalue weighted by Gasteiger charge is 2.12. The summed E-state index contributed by atoms with van der Waals surface area (Å²) in [7, 11) is 0. The number of oxime groups is 1. The molecule has 2 rings (SSSR count). The van der Waals surface area contributed by atoms with E-state index in [9.17, 15) is 0 Å². The van der Waals surface area contributed by atoms with E-state index in [0.29, 0.717) is 0 Å². The van der Waals surface area contributed by atoms with Crippen LogP contribution in [-0.4, -0.2) is 24.5 Å². The average molecular weight is 210 g/mol. The third kappa shape index (κ3) is 2.07. The second-order valence-corrected chi connectivity index (χ2v) is 4.56. The van der Waals surface area contributed by atoms with Crippen LogP contribution in [-0.2, 0) is 0 Å². The molecule has 0 amide bonds. The monoisotopic (exact) mass is 210 g/mol. The first kappa shape index (κ1) is 9.52. The molecular formula is C10H14N2OS. The molecule has 1 aliphatic rings. The predicted molar refractivity (Wildman–Crippen MR) is 59.8 cm³/mol. The normalized spacial score (nSPS) is 17.9. The Morgan fingerprint density at radius 3 is 2.79 bits per heavy atom. The quantitative estimate of drug-likeness (QED) is 0.462. The van der Waals surface area contributed by atoms with Gasteiger partial charge in [0.1, 0.15) is 0 Å². The van der Waals surface area contributed by atoms with E-state index in [1.807, 2.05) is 6.07 Å². The number of anilines is 1. The fraction of sp³-hybridized carbons (Fsp3) is 0.500. The molecule has 1 aromatic rings. The highest BCUT2D eigenvalue weighted by Crippen LogP contribution is 2.27. The van der Waals surface area contributed by atoms with Crippen LogP contribution in [0.15, 0.2) is 17.3 Å². The third-order valence-corrected chi connectivity index (χ3v) is 3.55. The Morgan fingerprint density at radius 2 is 2.07 bits per heavy atom. The van der Waals surface area contributed by atoms with Gasteiger partial charge in [-0.2, -0.15) is 0 Å². The van der Waals surface area contributed by atoms with E-state index in [2.05, 4.69) is 16.1 Å². The Balaban J connectivity index is 2.07. The minimum Gasteiger partial charge on any atom is -0.411 e. The first-order valence-electron chi connectivity index (χ1n) is 4.92. The van der Waals surface area contributed by atoms with Crippen LogP contribution in [0.3, 0.4) is 0 Å². The highest BCUT2D eigenvalue weighted by molar-refractivity contribution is 7.17. The van der Waals surface area contributed by atoms with Gasteiger partial charge in [-0.05, 0) is 31.4 Å². The van der Waals surface area contributed by atoms with Gasteiger partial charge in [-0.1, -0.05) is 5.16 Å². The zero-order valence-electron chi connectivity index (χ0n) is 8.02. The Morgan fingerprint density at radius 1 is 1.29 bits per heavy atom. The molecule has 2 heterocycles. The van der Waals surface area contributed by atoms with Crippen LogP contribution in [0, 0.1) is 0 Å². The Hall–Kier alpha value is -1.03. The van der Waals surface area contributed by atoms with Crippen LogP contribution in [0.5, 0.6) is 0 Å².